The summed E-state index contributed by atoms with van der Waals surface area (Å²) in [5.41, 5.74) is 5.36. The molecule has 0 saturated heterocycles. The van der Waals surface area contributed by atoms with Gasteiger partial charge in [-0.2, -0.15) is 5.10 Å². The Bertz CT molecular complexity index is 369. The maximum atomic E-state index is 10.6. The van der Waals surface area contributed by atoms with Crippen molar-refractivity contribution >= 4 is 17.5 Å². The summed E-state index contributed by atoms with van der Waals surface area (Å²) < 4.78 is 0. The number of hydrogen-bond acceptors (Lipinski definition) is 2. The zero-order chi connectivity index (χ0) is 9.10. The van der Waals surface area contributed by atoms with E-state index in [-0.39, 0.29) is 6.61 Å². The largest absolute Gasteiger partial charge is 0.278 e. The highest BCUT2D eigenvalue weighted by molar-refractivity contribution is 6.01. The summed E-state index contributed by atoms with van der Waals surface area (Å²) in [6.07, 6.45) is 3.64. The number of nitrogens with one attached hydrogen (secondary N) is 1. The molecule has 0 bridgehead atoms. The number of benzene rings is 1. The molecule has 0 fully saturated rings. The summed E-state index contributed by atoms with van der Waals surface area (Å²) in [7, 11) is 0. The van der Waals surface area contributed by atoms with Gasteiger partial charge in [-0.05, 0) is 17.7 Å². The van der Waals surface area contributed by atoms with Crippen molar-refractivity contribution in [2.24, 2.45) is 5.10 Å². The molecule has 0 aromatic heterocycles. The quantitative estimate of drug-likeness (QED) is 0.692. The minimum atomic E-state index is -0.294. The summed E-state index contributed by atoms with van der Waals surface area (Å²) in [5.74, 6) is 0. The Hall–Kier alpha value is -1.61. The monoisotopic (exact) mass is 173 g/mol. The SMILES string of the molecule is [O]CC1=NNc2ccccc2C=C1. The zero-order valence-corrected chi connectivity index (χ0v) is 7.03. The van der Waals surface area contributed by atoms with Crippen LogP contribution in [0.3, 0.4) is 0 Å². The topological polar surface area (TPSA) is 44.3 Å². The van der Waals surface area contributed by atoms with Crippen LogP contribution in [0.4, 0.5) is 5.69 Å². The van der Waals surface area contributed by atoms with E-state index in [2.05, 4.69) is 10.5 Å². The first-order valence-corrected chi connectivity index (χ1v) is 4.08. The zero-order valence-electron chi connectivity index (χ0n) is 7.03. The van der Waals surface area contributed by atoms with Gasteiger partial charge in [-0.15, -0.1) is 0 Å². The molecule has 0 spiro atoms. The van der Waals surface area contributed by atoms with Gasteiger partial charge in [0.1, 0.15) is 6.61 Å². The Labute approximate surface area is 76.4 Å². The molecule has 1 heterocycles. The average molecular weight is 173 g/mol. The van der Waals surface area contributed by atoms with Gasteiger partial charge >= 0.3 is 0 Å². The van der Waals surface area contributed by atoms with E-state index in [1.165, 1.54) is 0 Å². The van der Waals surface area contributed by atoms with Crippen molar-refractivity contribution in [3.05, 3.63) is 35.9 Å². The molecule has 1 aliphatic rings. The molecule has 1 aromatic rings. The van der Waals surface area contributed by atoms with E-state index in [4.69, 9.17) is 0 Å². The summed E-state index contributed by atoms with van der Waals surface area (Å²) in [4.78, 5) is 0. The lowest BCUT2D eigenvalue weighted by atomic mass is 10.1. The predicted molar refractivity (Wildman–Crippen MR) is 52.1 cm³/mol. The second-order valence-electron chi connectivity index (χ2n) is 2.78. The Morgan fingerprint density at radius 1 is 1.23 bits per heavy atom. The van der Waals surface area contributed by atoms with Crippen molar-refractivity contribution in [2.45, 2.75) is 0 Å². The minimum Gasteiger partial charge on any atom is -0.278 e. The van der Waals surface area contributed by atoms with E-state index in [0.717, 1.165) is 11.3 Å². The molecule has 1 N–H and O–H groups in total. The number of anilines is 1. The molecule has 1 radical (unpaired) electrons. The van der Waals surface area contributed by atoms with Crippen LogP contribution in [0.2, 0.25) is 0 Å². The minimum absolute atomic E-state index is 0.294. The Kier molecular flexibility index (Phi) is 2.10. The first-order chi connectivity index (χ1) is 6.40. The van der Waals surface area contributed by atoms with Crippen molar-refractivity contribution in [3.63, 3.8) is 0 Å². The summed E-state index contributed by atoms with van der Waals surface area (Å²) in [5, 5.41) is 14.5. The molecule has 65 valence electrons. The van der Waals surface area contributed by atoms with Gasteiger partial charge in [0.2, 0.25) is 0 Å². The lowest BCUT2D eigenvalue weighted by Gasteiger charge is -2.01. The lowest BCUT2D eigenvalue weighted by Crippen LogP contribution is -2.00. The first kappa shape index (κ1) is 8.01. The highest BCUT2D eigenvalue weighted by atomic mass is 16.3. The molecule has 13 heavy (non-hydrogen) atoms. The summed E-state index contributed by atoms with van der Waals surface area (Å²) in [6, 6.07) is 7.78. The highest BCUT2D eigenvalue weighted by Crippen LogP contribution is 2.18. The van der Waals surface area contributed by atoms with Crippen molar-refractivity contribution in [2.75, 3.05) is 12.0 Å². The number of nitrogens with zero attached hydrogens (tertiary/aromatic N) is 1. The molecule has 2 rings (SSSR count). The second kappa shape index (κ2) is 3.41. The van der Waals surface area contributed by atoms with Gasteiger partial charge in [0.25, 0.3) is 0 Å². The van der Waals surface area contributed by atoms with Gasteiger partial charge in [0.05, 0.1) is 11.4 Å². The van der Waals surface area contributed by atoms with Crippen LogP contribution >= 0.6 is 0 Å². The molecule has 0 aliphatic carbocycles. The third-order valence-electron chi connectivity index (χ3n) is 1.88. The number of hydrazone groups is 1. The fraction of sp³-hybridized carbons (Fsp3) is 0.100. The molecule has 0 amide bonds. The number of para-hydroxylation sites is 1. The van der Waals surface area contributed by atoms with Crippen LogP contribution in [-0.2, 0) is 5.11 Å². The Morgan fingerprint density at radius 2 is 2.08 bits per heavy atom. The van der Waals surface area contributed by atoms with Crippen LogP contribution < -0.4 is 5.43 Å². The van der Waals surface area contributed by atoms with Gasteiger partial charge in [-0.1, -0.05) is 24.3 Å². The molecule has 3 nitrogen and oxygen atoms in total. The standard InChI is InChI=1S/C10H9N2O/c13-7-9-6-5-8-3-1-2-4-10(8)12-11-9/h1-6,12H,7H2. The molecule has 1 aromatic carbocycles. The Balaban J connectivity index is 2.39. The Morgan fingerprint density at radius 3 is 2.92 bits per heavy atom. The number of hydrogen-bond donors (Lipinski definition) is 1. The van der Waals surface area contributed by atoms with Crippen molar-refractivity contribution in [3.8, 4) is 0 Å². The van der Waals surface area contributed by atoms with Gasteiger partial charge in [-0.3, -0.25) is 5.43 Å². The number of rotatable bonds is 1. The van der Waals surface area contributed by atoms with Gasteiger partial charge < -0.3 is 0 Å². The third-order valence-corrected chi connectivity index (χ3v) is 1.88. The van der Waals surface area contributed by atoms with Gasteiger partial charge in [-0.25, -0.2) is 5.11 Å². The van der Waals surface area contributed by atoms with Crippen LogP contribution in [0.5, 0.6) is 0 Å². The van der Waals surface area contributed by atoms with Gasteiger partial charge in [0, 0.05) is 0 Å². The smallest absolute Gasteiger partial charge is 0.126 e. The fourth-order valence-corrected chi connectivity index (χ4v) is 1.18. The van der Waals surface area contributed by atoms with Crippen LogP contribution in [0, 0.1) is 0 Å². The van der Waals surface area contributed by atoms with Crippen molar-refractivity contribution in [1.82, 2.24) is 0 Å². The maximum absolute atomic E-state index is 10.6. The van der Waals surface area contributed by atoms with E-state index in [0.29, 0.717) is 5.71 Å². The van der Waals surface area contributed by atoms with E-state index in [9.17, 15) is 5.11 Å². The molecule has 0 atom stereocenters. The number of fused-ring (bicyclic) bond motifs is 1. The second-order valence-corrected chi connectivity index (χ2v) is 2.78. The van der Waals surface area contributed by atoms with Crippen molar-refractivity contribution < 1.29 is 5.11 Å². The lowest BCUT2D eigenvalue weighted by molar-refractivity contribution is 0.246. The fourth-order valence-electron chi connectivity index (χ4n) is 1.18. The molecular formula is C10H9N2O. The highest BCUT2D eigenvalue weighted by Gasteiger charge is 2.02. The normalized spacial score (nSPS) is 14.1. The average Bonchev–Trinajstić information content (AvgIpc) is 2.39. The van der Waals surface area contributed by atoms with Crippen LogP contribution in [-0.4, -0.2) is 12.3 Å². The van der Waals surface area contributed by atoms with Crippen molar-refractivity contribution in [1.29, 1.82) is 0 Å². The van der Waals surface area contributed by atoms with Crippen LogP contribution in [0.15, 0.2) is 35.4 Å². The van der Waals surface area contributed by atoms with Crippen LogP contribution in [0.25, 0.3) is 6.08 Å². The van der Waals surface area contributed by atoms with Gasteiger partial charge in [0.15, 0.2) is 0 Å². The molecule has 1 aliphatic heterocycles. The predicted octanol–water partition coefficient (Wildman–Crippen LogP) is 1.91. The van der Waals surface area contributed by atoms with E-state index < -0.39 is 0 Å². The first-order valence-electron chi connectivity index (χ1n) is 4.08. The molecular weight excluding hydrogens is 164 g/mol. The van der Waals surface area contributed by atoms with E-state index in [1.807, 2.05) is 30.3 Å². The molecule has 0 unspecified atom stereocenters. The third kappa shape index (κ3) is 1.60. The molecule has 3 heteroatoms. The molecule has 0 saturated carbocycles. The summed E-state index contributed by atoms with van der Waals surface area (Å²) in [6.45, 7) is -0.294. The van der Waals surface area contributed by atoms with E-state index >= 15 is 0 Å². The van der Waals surface area contributed by atoms with E-state index in [1.54, 1.807) is 6.08 Å². The summed E-state index contributed by atoms with van der Waals surface area (Å²) >= 11 is 0. The maximum Gasteiger partial charge on any atom is 0.126 e. The van der Waals surface area contributed by atoms with Crippen LogP contribution in [0.1, 0.15) is 5.56 Å².